The lowest BCUT2D eigenvalue weighted by Gasteiger charge is -2.47. The summed E-state index contributed by atoms with van der Waals surface area (Å²) in [6, 6.07) is 0.689. The van der Waals surface area contributed by atoms with Gasteiger partial charge in [-0.2, -0.15) is 0 Å². The quantitative estimate of drug-likeness (QED) is 0.173. The summed E-state index contributed by atoms with van der Waals surface area (Å²) in [5, 5.41) is 11.5. The lowest BCUT2D eigenvalue weighted by atomic mass is 9.73. The van der Waals surface area contributed by atoms with Crippen molar-refractivity contribution in [1.29, 1.82) is 0 Å². The predicted octanol–water partition coefficient (Wildman–Crippen LogP) is 4.94. The summed E-state index contributed by atoms with van der Waals surface area (Å²) in [6.45, 7) is 14.8. The highest BCUT2D eigenvalue weighted by Gasteiger charge is 2.60. The molecule has 0 radical (unpaired) electrons. The first-order valence-corrected chi connectivity index (χ1v) is 21.3. The van der Waals surface area contributed by atoms with Crippen molar-refractivity contribution in [2.45, 2.75) is 148 Å². The number of hydrogen-bond acceptors (Lipinski definition) is 14. The molecule has 0 bridgehead atoms. The number of aliphatic hydroxyl groups excluding tert-OH is 1. The average Bonchev–Trinajstić information content (AvgIpc) is 3.80. The van der Waals surface area contributed by atoms with Crippen molar-refractivity contribution >= 4 is 23.6 Å². The van der Waals surface area contributed by atoms with Gasteiger partial charge >= 0.3 is 12.1 Å². The third-order valence-electron chi connectivity index (χ3n) is 13.1. The van der Waals surface area contributed by atoms with E-state index in [0.29, 0.717) is 31.6 Å². The number of aryl methyl sites for hydroxylation is 1. The largest absolute Gasteiger partial charge is 0.496 e. The van der Waals surface area contributed by atoms with Crippen LogP contribution in [0.3, 0.4) is 0 Å². The van der Waals surface area contributed by atoms with Gasteiger partial charge in [0.2, 0.25) is 0 Å². The van der Waals surface area contributed by atoms with E-state index in [4.69, 9.17) is 28.4 Å². The van der Waals surface area contributed by atoms with Crippen molar-refractivity contribution in [3.8, 4) is 17.0 Å². The van der Waals surface area contributed by atoms with Gasteiger partial charge in [0.25, 0.3) is 0 Å². The first-order chi connectivity index (χ1) is 28.3. The van der Waals surface area contributed by atoms with E-state index in [2.05, 4.69) is 9.97 Å². The van der Waals surface area contributed by atoms with Crippen LogP contribution in [-0.4, -0.2) is 142 Å². The molecule has 3 aliphatic heterocycles. The Balaban J connectivity index is 1.43. The maximum Gasteiger partial charge on any atom is 0.410 e. The standard InChI is InChI=1S/C44H67N5O11/c1-13-34-44(8)38(49(42(54)60-44)19-15-14-18-48-23-31(46-24-48)30-22-45-17-16-33(30)55-11)27(4)35(50)25(2)21-43(7,56-12)39(28(5)36(51)29(6)40(53)58-34)59-41-37(52)32(47(9)10)20-26(3)57-41/h16-17,22-29,32,34,37-39,41,52H,13-15,18-21H2,1-12H3/t25-,26-,27+,28+,29-,32+,34-,37-,38-,39-,41?,43+,44-/m1/s1. The Morgan fingerprint density at radius 2 is 1.70 bits per heavy atom. The molecule has 1 amide bonds. The summed E-state index contributed by atoms with van der Waals surface area (Å²) in [5.74, 6) is -4.34. The zero-order chi connectivity index (χ0) is 44.3. The fraction of sp³-hybridized carbons (Fsp3) is 0.727. The second-order valence-corrected chi connectivity index (χ2v) is 17.7. The number of aromatic nitrogens is 3. The van der Waals surface area contributed by atoms with E-state index in [9.17, 15) is 24.3 Å². The van der Waals surface area contributed by atoms with Crippen LogP contribution in [0.5, 0.6) is 5.75 Å². The number of cyclic esters (lactones) is 1. The molecule has 0 aromatic carbocycles. The van der Waals surface area contributed by atoms with Crippen molar-refractivity contribution < 1.29 is 52.7 Å². The highest BCUT2D eigenvalue weighted by Crippen LogP contribution is 2.43. The van der Waals surface area contributed by atoms with Crippen LogP contribution in [0.1, 0.15) is 87.5 Å². The number of ketones is 2. The molecule has 13 atom stereocenters. The zero-order valence-electron chi connectivity index (χ0n) is 37.5. The van der Waals surface area contributed by atoms with Crippen molar-refractivity contribution in [2.24, 2.45) is 23.7 Å². The molecule has 5 heterocycles. The smallest absolute Gasteiger partial charge is 0.410 e. The number of ether oxygens (including phenoxy) is 6. The molecule has 1 N–H and O–H groups in total. The molecule has 5 rings (SSSR count). The number of hydrogen-bond donors (Lipinski definition) is 1. The SMILES string of the molecule is CC[C@H]1OC(=O)[C@H](C)C(=O)[C@H](C)[C@@H](OC2O[C@H](C)C[C@H](N(C)C)[C@H]2O)[C@@](C)(OC)C[C@@H](C)C(=O)[C@H](C)[C@H]2N(CCCCn3cnc(-c4cnccc4OC)c3)C(=O)O[C@]12C. The number of esters is 1. The monoisotopic (exact) mass is 841 g/mol. The first-order valence-electron chi connectivity index (χ1n) is 21.3. The van der Waals surface area contributed by atoms with Gasteiger partial charge in [0, 0.05) is 62.6 Å². The van der Waals surface area contributed by atoms with Crippen molar-refractivity contribution in [3.05, 3.63) is 31.0 Å². The Morgan fingerprint density at radius 3 is 2.35 bits per heavy atom. The lowest BCUT2D eigenvalue weighted by Crippen LogP contribution is -2.60. The minimum atomic E-state index is -1.42. The molecule has 0 saturated carbocycles. The van der Waals surface area contributed by atoms with Gasteiger partial charge in [-0.1, -0.05) is 27.7 Å². The average molecular weight is 842 g/mol. The summed E-state index contributed by atoms with van der Waals surface area (Å²) >= 11 is 0. The summed E-state index contributed by atoms with van der Waals surface area (Å²) in [6.07, 6.45) is 4.15. The van der Waals surface area contributed by atoms with Crippen molar-refractivity contribution in [1.82, 2.24) is 24.3 Å². The maximum atomic E-state index is 14.7. The molecular weight excluding hydrogens is 775 g/mol. The third kappa shape index (κ3) is 9.57. The van der Waals surface area contributed by atoms with Gasteiger partial charge < -0.3 is 47.9 Å². The first kappa shape index (κ1) is 47.1. The van der Waals surface area contributed by atoms with E-state index in [1.54, 1.807) is 71.4 Å². The second-order valence-electron chi connectivity index (χ2n) is 17.7. The number of methoxy groups -OCH3 is 2. The molecule has 0 spiro atoms. The van der Waals surface area contributed by atoms with Crippen molar-refractivity contribution in [2.75, 3.05) is 34.9 Å². The van der Waals surface area contributed by atoms with E-state index in [1.807, 2.05) is 43.6 Å². The van der Waals surface area contributed by atoms with Gasteiger partial charge in [-0.3, -0.25) is 19.4 Å². The van der Waals surface area contributed by atoms with Gasteiger partial charge in [-0.25, -0.2) is 9.78 Å². The molecule has 3 aliphatic rings. The number of fused-ring (bicyclic) bond motifs is 1. The van der Waals surface area contributed by atoms with E-state index in [1.165, 1.54) is 14.0 Å². The number of rotatable bonds is 12. The molecule has 60 heavy (non-hydrogen) atoms. The molecule has 16 heteroatoms. The number of aliphatic hydroxyl groups is 1. The fourth-order valence-corrected chi connectivity index (χ4v) is 9.66. The molecule has 3 fully saturated rings. The molecule has 3 saturated heterocycles. The number of carbonyl (C=O) groups is 4. The maximum absolute atomic E-state index is 14.7. The number of imidazole rings is 1. The van der Waals surface area contributed by atoms with E-state index >= 15 is 0 Å². The normalized spacial score (nSPS) is 35.8. The number of unbranched alkanes of at least 4 members (excludes halogenated alkanes) is 1. The fourth-order valence-electron chi connectivity index (χ4n) is 9.66. The molecule has 16 nitrogen and oxygen atoms in total. The summed E-state index contributed by atoms with van der Waals surface area (Å²) in [7, 11) is 6.83. The van der Waals surface area contributed by atoms with Gasteiger partial charge in [0.15, 0.2) is 17.7 Å². The number of carbonyl (C=O) groups excluding carboxylic acids is 4. The van der Waals surface area contributed by atoms with Crippen LogP contribution in [0.25, 0.3) is 11.3 Å². The molecule has 2 aromatic heterocycles. The molecule has 1 unspecified atom stereocenters. The van der Waals surface area contributed by atoms with E-state index in [-0.39, 0.29) is 37.3 Å². The summed E-state index contributed by atoms with van der Waals surface area (Å²) in [4.78, 5) is 69.2. The number of amides is 1. The Labute approximate surface area is 354 Å². The van der Waals surface area contributed by atoms with Crippen LogP contribution >= 0.6 is 0 Å². The molecule has 334 valence electrons. The van der Waals surface area contributed by atoms with Gasteiger partial charge in [-0.05, 0) is 80.0 Å². The lowest BCUT2D eigenvalue weighted by molar-refractivity contribution is -0.295. The number of pyridine rings is 1. The number of likely N-dealkylation sites (N-methyl/N-ethyl adjacent to an activating group) is 1. The zero-order valence-corrected chi connectivity index (χ0v) is 37.5. The van der Waals surface area contributed by atoms with Gasteiger partial charge in [-0.15, -0.1) is 0 Å². The number of nitrogens with zero attached hydrogens (tertiary/aromatic N) is 5. The molecular formula is C44H67N5O11. The number of Topliss-reactive ketones (excluding diaryl/α,β-unsaturated/α-hetero) is 2. The van der Waals surface area contributed by atoms with Crippen LogP contribution in [-0.2, 0) is 44.6 Å². The summed E-state index contributed by atoms with van der Waals surface area (Å²) in [5.41, 5.74) is -1.19. The Morgan fingerprint density at radius 1 is 1.00 bits per heavy atom. The van der Waals surface area contributed by atoms with Crippen LogP contribution in [0.15, 0.2) is 31.0 Å². The highest BCUT2D eigenvalue weighted by atomic mass is 16.7. The van der Waals surface area contributed by atoms with Crippen LogP contribution in [0.4, 0.5) is 4.79 Å². The van der Waals surface area contributed by atoms with Crippen LogP contribution < -0.4 is 4.74 Å². The molecule has 0 aliphatic carbocycles. The topological polar surface area (TPSA) is 181 Å². The predicted molar refractivity (Wildman–Crippen MR) is 221 cm³/mol. The Hall–Kier alpha value is -3.96. The highest BCUT2D eigenvalue weighted by molar-refractivity contribution is 6.00. The van der Waals surface area contributed by atoms with Gasteiger partial charge in [0.05, 0.1) is 48.5 Å². The minimum absolute atomic E-state index is 0.122. The van der Waals surface area contributed by atoms with Crippen LogP contribution in [0, 0.1) is 23.7 Å². The summed E-state index contributed by atoms with van der Waals surface area (Å²) < 4.78 is 38.7. The van der Waals surface area contributed by atoms with Crippen molar-refractivity contribution in [3.63, 3.8) is 0 Å². The molecule has 2 aromatic rings. The third-order valence-corrected chi connectivity index (χ3v) is 13.1. The van der Waals surface area contributed by atoms with Crippen LogP contribution in [0.2, 0.25) is 0 Å². The van der Waals surface area contributed by atoms with Gasteiger partial charge in [0.1, 0.15) is 29.7 Å². The van der Waals surface area contributed by atoms with E-state index in [0.717, 1.165) is 11.3 Å². The second kappa shape index (κ2) is 19.4. The Kier molecular flexibility index (Phi) is 15.2. The minimum Gasteiger partial charge on any atom is -0.496 e. The van der Waals surface area contributed by atoms with E-state index < -0.39 is 83.4 Å². The Bertz CT molecular complexity index is 1820.